The molecule has 1 atom stereocenters. The van der Waals surface area contributed by atoms with Crippen molar-refractivity contribution in [2.45, 2.75) is 59.4 Å². The Hall–Kier alpha value is -0.853. The van der Waals surface area contributed by atoms with E-state index in [1.807, 2.05) is 32.9 Å². The fourth-order valence-corrected chi connectivity index (χ4v) is 3.38. The second kappa shape index (κ2) is 6.35. The first-order valence-corrected chi connectivity index (χ1v) is 9.76. The molecule has 0 fully saturated rings. The molecule has 0 rings (SSSR count). The van der Waals surface area contributed by atoms with E-state index in [0.29, 0.717) is 6.42 Å². The summed E-state index contributed by atoms with van der Waals surface area (Å²) < 4.78 is 6.21. The quantitative estimate of drug-likeness (QED) is 0.316. The predicted octanol–water partition coefficient (Wildman–Crippen LogP) is 3.79. The molecular weight excluding hydrogens is 240 g/mol. The van der Waals surface area contributed by atoms with Gasteiger partial charge in [0.15, 0.2) is 14.6 Å². The van der Waals surface area contributed by atoms with Gasteiger partial charge in [-0.15, -0.1) is 5.92 Å². The maximum absolute atomic E-state index is 11.7. The first-order chi connectivity index (χ1) is 8.14. The van der Waals surface area contributed by atoms with Crippen molar-refractivity contribution in [3.63, 3.8) is 0 Å². The first kappa shape index (κ1) is 17.1. The van der Waals surface area contributed by atoms with Gasteiger partial charge >= 0.3 is 0 Å². The van der Waals surface area contributed by atoms with Crippen molar-refractivity contribution in [1.82, 2.24) is 0 Å². The van der Waals surface area contributed by atoms with Crippen LogP contribution in [0.2, 0.25) is 19.6 Å². The summed E-state index contributed by atoms with van der Waals surface area (Å²) in [7, 11) is -1.84. The highest BCUT2D eigenvalue weighted by atomic mass is 28.4. The zero-order valence-corrected chi connectivity index (χ0v) is 13.8. The van der Waals surface area contributed by atoms with Gasteiger partial charge in [-0.05, 0) is 47.3 Å². The number of carbonyl (C=O) groups excluding carboxylic acids is 1. The van der Waals surface area contributed by atoms with Crippen LogP contribution >= 0.6 is 0 Å². The zero-order chi connectivity index (χ0) is 14.4. The molecule has 0 aliphatic carbocycles. The largest absolute Gasteiger partial charge is 0.404 e. The van der Waals surface area contributed by atoms with E-state index in [1.165, 1.54) is 0 Å². The van der Waals surface area contributed by atoms with E-state index in [0.717, 1.165) is 6.29 Å². The second-order valence-corrected chi connectivity index (χ2v) is 10.4. The number of hydrogen-bond donors (Lipinski definition) is 0. The van der Waals surface area contributed by atoms with Crippen LogP contribution in [-0.2, 0) is 9.22 Å². The molecule has 3 heteroatoms. The molecule has 0 N–H and O–H groups in total. The predicted molar refractivity (Wildman–Crippen MR) is 79.9 cm³/mol. The Morgan fingerprint density at radius 3 is 2.17 bits per heavy atom. The first-order valence-electron chi connectivity index (χ1n) is 6.36. The van der Waals surface area contributed by atoms with Crippen molar-refractivity contribution in [2.75, 3.05) is 0 Å². The minimum atomic E-state index is -1.84. The number of carbonyl (C=O) groups is 1. The van der Waals surface area contributed by atoms with Gasteiger partial charge in [-0.25, -0.2) is 0 Å². The van der Waals surface area contributed by atoms with Crippen molar-refractivity contribution in [3.8, 4) is 11.8 Å². The van der Waals surface area contributed by atoms with Crippen LogP contribution < -0.4 is 0 Å². The van der Waals surface area contributed by atoms with Crippen molar-refractivity contribution >= 4 is 14.6 Å². The Morgan fingerprint density at radius 1 is 1.28 bits per heavy atom. The molecule has 0 saturated carbocycles. The molecular formula is C15H26O2Si. The van der Waals surface area contributed by atoms with Gasteiger partial charge < -0.3 is 9.22 Å². The van der Waals surface area contributed by atoms with Crippen LogP contribution in [0, 0.1) is 17.3 Å². The van der Waals surface area contributed by atoms with Gasteiger partial charge in [0.25, 0.3) is 0 Å². The summed E-state index contributed by atoms with van der Waals surface area (Å²) in [4.78, 5) is 11.7. The van der Waals surface area contributed by atoms with Gasteiger partial charge in [-0.3, -0.25) is 0 Å². The minimum Gasteiger partial charge on any atom is -0.404 e. The standard InChI is InChI=1S/C15H26O2Si/c1-8-10-12-15(13-16,17-18(5,6)7)14(3,4)11-9-2/h8,10,13H,12H2,1-7H3/b10-8-/t15-/m1/s1. The summed E-state index contributed by atoms with van der Waals surface area (Å²) in [5.74, 6) is 6.04. The molecule has 0 saturated heterocycles. The minimum absolute atomic E-state index is 0.497. The van der Waals surface area contributed by atoms with Gasteiger partial charge in [-0.2, -0.15) is 0 Å². The number of rotatable bonds is 6. The van der Waals surface area contributed by atoms with Crippen molar-refractivity contribution in [2.24, 2.45) is 5.41 Å². The Morgan fingerprint density at radius 2 is 1.83 bits per heavy atom. The Bertz CT molecular complexity index is 366. The molecule has 0 unspecified atom stereocenters. The summed E-state index contributed by atoms with van der Waals surface area (Å²) in [5, 5.41) is 0. The number of allylic oxidation sites excluding steroid dienone is 1. The summed E-state index contributed by atoms with van der Waals surface area (Å²) >= 11 is 0. The molecule has 0 aliphatic rings. The zero-order valence-electron chi connectivity index (χ0n) is 12.8. The van der Waals surface area contributed by atoms with Gasteiger partial charge in [-0.1, -0.05) is 18.1 Å². The van der Waals surface area contributed by atoms with Crippen LogP contribution in [0.4, 0.5) is 0 Å². The summed E-state index contributed by atoms with van der Waals surface area (Å²) in [6.07, 6.45) is 5.43. The summed E-state index contributed by atoms with van der Waals surface area (Å²) in [6.45, 7) is 14.0. The molecule has 0 bridgehead atoms. The highest BCUT2D eigenvalue weighted by Crippen LogP contribution is 2.38. The molecule has 0 radical (unpaired) electrons. The van der Waals surface area contributed by atoms with Gasteiger partial charge in [0.2, 0.25) is 0 Å². The Kier molecular flexibility index (Phi) is 6.05. The lowest BCUT2D eigenvalue weighted by Gasteiger charge is -2.43. The third-order valence-corrected chi connectivity index (χ3v) is 3.81. The van der Waals surface area contributed by atoms with Crippen LogP contribution in [-0.4, -0.2) is 20.2 Å². The fraction of sp³-hybridized carbons (Fsp3) is 0.667. The average molecular weight is 266 g/mol. The third-order valence-electron chi connectivity index (χ3n) is 2.83. The molecule has 0 aromatic heterocycles. The van der Waals surface area contributed by atoms with E-state index < -0.39 is 19.3 Å². The van der Waals surface area contributed by atoms with E-state index >= 15 is 0 Å². The second-order valence-electron chi connectivity index (χ2n) is 5.99. The van der Waals surface area contributed by atoms with Crippen LogP contribution in [0.25, 0.3) is 0 Å². The molecule has 0 spiro atoms. The summed E-state index contributed by atoms with van der Waals surface area (Å²) in [6, 6.07) is 0. The highest BCUT2D eigenvalue weighted by Gasteiger charge is 2.47. The van der Waals surface area contributed by atoms with E-state index in [2.05, 4.69) is 31.5 Å². The molecule has 2 nitrogen and oxygen atoms in total. The molecule has 0 aromatic carbocycles. The Labute approximate surface area is 113 Å². The van der Waals surface area contributed by atoms with Crippen LogP contribution in [0.15, 0.2) is 12.2 Å². The fourth-order valence-electron chi connectivity index (χ4n) is 1.90. The maximum atomic E-state index is 11.7. The topological polar surface area (TPSA) is 26.3 Å². The van der Waals surface area contributed by atoms with Crippen molar-refractivity contribution in [1.29, 1.82) is 0 Å². The molecule has 0 heterocycles. The Balaban J connectivity index is 5.60. The van der Waals surface area contributed by atoms with Crippen molar-refractivity contribution < 1.29 is 9.22 Å². The van der Waals surface area contributed by atoms with E-state index in [1.54, 1.807) is 6.92 Å². The lowest BCUT2D eigenvalue weighted by atomic mass is 9.74. The molecule has 0 aromatic rings. The van der Waals surface area contributed by atoms with E-state index in [9.17, 15) is 4.79 Å². The third kappa shape index (κ3) is 4.43. The van der Waals surface area contributed by atoms with Crippen LogP contribution in [0.1, 0.15) is 34.1 Å². The molecule has 18 heavy (non-hydrogen) atoms. The van der Waals surface area contributed by atoms with Gasteiger partial charge in [0.05, 0.1) is 5.41 Å². The lowest BCUT2D eigenvalue weighted by molar-refractivity contribution is -0.129. The molecule has 0 aliphatic heterocycles. The lowest BCUT2D eigenvalue weighted by Crippen LogP contribution is -2.53. The number of hydrogen-bond acceptors (Lipinski definition) is 2. The van der Waals surface area contributed by atoms with E-state index in [4.69, 9.17) is 4.43 Å². The van der Waals surface area contributed by atoms with Crippen LogP contribution in [0.3, 0.4) is 0 Å². The molecule has 102 valence electrons. The smallest absolute Gasteiger partial charge is 0.185 e. The SMILES string of the molecule is CC#CC(C)(C)[C@](C=O)(C/C=C\C)O[Si](C)(C)C. The van der Waals surface area contributed by atoms with E-state index in [-0.39, 0.29) is 0 Å². The van der Waals surface area contributed by atoms with Crippen molar-refractivity contribution in [3.05, 3.63) is 12.2 Å². The normalized spacial score (nSPS) is 15.9. The van der Waals surface area contributed by atoms with Gasteiger partial charge in [0, 0.05) is 6.42 Å². The summed E-state index contributed by atoms with van der Waals surface area (Å²) in [5.41, 5.74) is -1.35. The highest BCUT2D eigenvalue weighted by molar-refractivity contribution is 6.70. The maximum Gasteiger partial charge on any atom is 0.185 e. The van der Waals surface area contributed by atoms with Crippen LogP contribution in [0.5, 0.6) is 0 Å². The number of aldehydes is 1. The monoisotopic (exact) mass is 266 g/mol. The van der Waals surface area contributed by atoms with Gasteiger partial charge in [0.1, 0.15) is 5.60 Å². The molecule has 0 amide bonds. The average Bonchev–Trinajstić information content (AvgIpc) is 2.22.